The zero-order valence-corrected chi connectivity index (χ0v) is 9.56. The first-order valence-electron chi connectivity index (χ1n) is 5.40. The van der Waals surface area contributed by atoms with Crippen molar-refractivity contribution in [2.45, 2.75) is 32.0 Å². The average Bonchev–Trinajstić information content (AvgIpc) is 2.24. The van der Waals surface area contributed by atoms with Gasteiger partial charge in [0, 0.05) is 6.42 Å². The summed E-state index contributed by atoms with van der Waals surface area (Å²) in [5.74, 6) is 0.785. The molecule has 0 N–H and O–H groups in total. The summed E-state index contributed by atoms with van der Waals surface area (Å²) in [5.41, 5.74) is 0.659. The molecule has 3 nitrogen and oxygen atoms in total. The summed E-state index contributed by atoms with van der Waals surface area (Å²) in [6.45, 7) is 4.73. The lowest BCUT2D eigenvalue weighted by molar-refractivity contribution is -0.194. The summed E-state index contributed by atoms with van der Waals surface area (Å²) in [6.07, 6.45) is 1.23. The minimum atomic E-state index is 0.0126. The van der Waals surface area contributed by atoms with Crippen LogP contribution >= 0.6 is 0 Å². The monoisotopic (exact) mass is 217 g/mol. The van der Waals surface area contributed by atoms with E-state index >= 15 is 0 Å². The van der Waals surface area contributed by atoms with Crippen LogP contribution in [0.25, 0.3) is 0 Å². The Morgan fingerprint density at radius 2 is 2.06 bits per heavy atom. The lowest BCUT2D eigenvalue weighted by Crippen LogP contribution is -2.48. The Hall–Kier alpha value is -1.53. The zero-order valence-electron chi connectivity index (χ0n) is 9.56. The molecule has 0 saturated carbocycles. The summed E-state index contributed by atoms with van der Waals surface area (Å²) >= 11 is 0. The Balaban J connectivity index is 1.80. The van der Waals surface area contributed by atoms with Gasteiger partial charge < -0.3 is 9.47 Å². The number of nitriles is 1. The van der Waals surface area contributed by atoms with Crippen molar-refractivity contribution in [1.29, 1.82) is 5.26 Å². The molecule has 1 fully saturated rings. The van der Waals surface area contributed by atoms with E-state index in [9.17, 15) is 0 Å². The number of hydrogen-bond acceptors (Lipinski definition) is 3. The number of benzene rings is 1. The van der Waals surface area contributed by atoms with E-state index < -0.39 is 0 Å². The number of hydrogen-bond donors (Lipinski definition) is 0. The molecule has 2 rings (SSSR count). The van der Waals surface area contributed by atoms with Crippen molar-refractivity contribution >= 4 is 0 Å². The molecule has 1 atom stereocenters. The lowest BCUT2D eigenvalue weighted by Gasteiger charge is -2.42. The van der Waals surface area contributed by atoms with E-state index in [2.05, 4.69) is 19.9 Å². The fourth-order valence-electron chi connectivity index (χ4n) is 1.90. The SMILES string of the molecule is CC1(C)C[C@@H](COc2ccc(C#N)cc2)O1. The van der Waals surface area contributed by atoms with Crippen LogP contribution in [-0.2, 0) is 4.74 Å². The molecule has 0 spiro atoms. The first-order chi connectivity index (χ1) is 7.59. The van der Waals surface area contributed by atoms with Crippen molar-refractivity contribution in [2.75, 3.05) is 6.61 Å². The van der Waals surface area contributed by atoms with Gasteiger partial charge in [0.15, 0.2) is 0 Å². The van der Waals surface area contributed by atoms with Gasteiger partial charge in [-0.2, -0.15) is 5.26 Å². The van der Waals surface area contributed by atoms with Crippen molar-refractivity contribution < 1.29 is 9.47 Å². The van der Waals surface area contributed by atoms with E-state index in [0.717, 1.165) is 12.2 Å². The summed E-state index contributed by atoms with van der Waals surface area (Å²) in [4.78, 5) is 0. The fourth-order valence-corrected chi connectivity index (χ4v) is 1.90. The van der Waals surface area contributed by atoms with Crippen molar-refractivity contribution in [3.05, 3.63) is 29.8 Å². The smallest absolute Gasteiger partial charge is 0.119 e. The Kier molecular flexibility index (Phi) is 2.84. The molecule has 1 aliphatic rings. The van der Waals surface area contributed by atoms with Gasteiger partial charge in [-0.1, -0.05) is 0 Å². The lowest BCUT2D eigenvalue weighted by atomic mass is 9.94. The molecule has 1 saturated heterocycles. The predicted molar refractivity (Wildman–Crippen MR) is 60.2 cm³/mol. The summed E-state index contributed by atoms with van der Waals surface area (Å²) < 4.78 is 11.2. The van der Waals surface area contributed by atoms with Gasteiger partial charge >= 0.3 is 0 Å². The third-order valence-corrected chi connectivity index (χ3v) is 2.62. The Morgan fingerprint density at radius 1 is 1.44 bits per heavy atom. The van der Waals surface area contributed by atoms with Gasteiger partial charge in [-0.3, -0.25) is 0 Å². The largest absolute Gasteiger partial charge is 0.491 e. The maximum atomic E-state index is 8.64. The highest BCUT2D eigenvalue weighted by Gasteiger charge is 2.37. The van der Waals surface area contributed by atoms with Crippen LogP contribution in [-0.4, -0.2) is 18.3 Å². The van der Waals surface area contributed by atoms with Crippen molar-refractivity contribution in [3.8, 4) is 11.8 Å². The van der Waals surface area contributed by atoms with Gasteiger partial charge in [-0.25, -0.2) is 0 Å². The van der Waals surface area contributed by atoms with E-state index in [1.54, 1.807) is 12.1 Å². The summed E-state index contributed by atoms with van der Waals surface area (Å²) in [6, 6.07) is 9.19. The van der Waals surface area contributed by atoms with Gasteiger partial charge in [0.1, 0.15) is 12.4 Å². The molecule has 1 aliphatic heterocycles. The number of ether oxygens (including phenoxy) is 2. The minimum Gasteiger partial charge on any atom is -0.491 e. The Morgan fingerprint density at radius 3 is 2.56 bits per heavy atom. The van der Waals surface area contributed by atoms with Crippen LogP contribution in [0.2, 0.25) is 0 Å². The highest BCUT2D eigenvalue weighted by Crippen LogP contribution is 2.31. The molecule has 0 radical (unpaired) electrons. The van der Waals surface area contributed by atoms with Crippen LogP contribution < -0.4 is 4.74 Å². The molecule has 84 valence electrons. The highest BCUT2D eigenvalue weighted by atomic mass is 16.6. The van der Waals surface area contributed by atoms with Crippen LogP contribution in [0.3, 0.4) is 0 Å². The summed E-state index contributed by atoms with van der Waals surface area (Å²) in [5, 5.41) is 8.64. The first-order valence-corrected chi connectivity index (χ1v) is 5.40. The van der Waals surface area contributed by atoms with Crippen molar-refractivity contribution in [1.82, 2.24) is 0 Å². The second-order valence-corrected chi connectivity index (χ2v) is 4.65. The second-order valence-electron chi connectivity index (χ2n) is 4.65. The topological polar surface area (TPSA) is 42.2 Å². The molecule has 0 aliphatic carbocycles. The van der Waals surface area contributed by atoms with Gasteiger partial charge in [0.05, 0.1) is 23.3 Å². The fraction of sp³-hybridized carbons (Fsp3) is 0.462. The van der Waals surface area contributed by atoms with Crippen LogP contribution in [0, 0.1) is 11.3 Å². The van der Waals surface area contributed by atoms with Gasteiger partial charge in [0.2, 0.25) is 0 Å². The van der Waals surface area contributed by atoms with Crippen LogP contribution in [0.15, 0.2) is 24.3 Å². The molecule has 0 unspecified atom stereocenters. The number of nitrogens with zero attached hydrogens (tertiary/aromatic N) is 1. The standard InChI is InChI=1S/C13H15NO2/c1-13(2)7-12(16-13)9-15-11-5-3-10(8-14)4-6-11/h3-6,12H,7,9H2,1-2H3/t12-/m0/s1. The minimum absolute atomic E-state index is 0.0126. The van der Waals surface area contributed by atoms with Crippen molar-refractivity contribution in [3.63, 3.8) is 0 Å². The summed E-state index contributed by atoms with van der Waals surface area (Å²) in [7, 11) is 0. The average molecular weight is 217 g/mol. The van der Waals surface area contributed by atoms with Gasteiger partial charge in [0.25, 0.3) is 0 Å². The number of rotatable bonds is 3. The molecule has 16 heavy (non-hydrogen) atoms. The van der Waals surface area contributed by atoms with Crippen LogP contribution in [0.5, 0.6) is 5.75 Å². The third-order valence-electron chi connectivity index (χ3n) is 2.62. The maximum absolute atomic E-state index is 8.64. The third kappa shape index (κ3) is 2.53. The van der Waals surface area contributed by atoms with E-state index in [-0.39, 0.29) is 11.7 Å². The maximum Gasteiger partial charge on any atom is 0.119 e. The van der Waals surface area contributed by atoms with E-state index in [0.29, 0.717) is 12.2 Å². The molecule has 1 heterocycles. The van der Waals surface area contributed by atoms with Crippen LogP contribution in [0.4, 0.5) is 0 Å². The van der Waals surface area contributed by atoms with Crippen molar-refractivity contribution in [2.24, 2.45) is 0 Å². The molecule has 3 heteroatoms. The molecule has 0 amide bonds. The molecule has 0 aromatic heterocycles. The van der Waals surface area contributed by atoms with Crippen LogP contribution in [0.1, 0.15) is 25.8 Å². The van der Waals surface area contributed by atoms with E-state index in [4.69, 9.17) is 14.7 Å². The molecule has 0 bridgehead atoms. The first kappa shape index (κ1) is 11.0. The molecular formula is C13H15NO2. The van der Waals surface area contributed by atoms with Gasteiger partial charge in [-0.15, -0.1) is 0 Å². The molecule has 1 aromatic rings. The molecular weight excluding hydrogens is 202 g/mol. The zero-order chi connectivity index (χ0) is 11.6. The quantitative estimate of drug-likeness (QED) is 0.781. The predicted octanol–water partition coefficient (Wildman–Crippen LogP) is 2.50. The second kappa shape index (κ2) is 4.15. The van der Waals surface area contributed by atoms with E-state index in [1.807, 2.05) is 12.1 Å². The Labute approximate surface area is 95.6 Å². The van der Waals surface area contributed by atoms with Gasteiger partial charge in [-0.05, 0) is 38.1 Å². The Bertz CT molecular complexity index is 395. The highest BCUT2D eigenvalue weighted by molar-refractivity contribution is 5.34. The van der Waals surface area contributed by atoms with E-state index in [1.165, 1.54) is 0 Å². The normalized spacial score (nSPS) is 21.9. The molecule has 1 aromatic carbocycles.